The number of aliphatic hydroxyl groups is 1. The Kier molecular flexibility index (Phi) is 4.42. The molecule has 26 heavy (non-hydrogen) atoms. The summed E-state index contributed by atoms with van der Waals surface area (Å²) in [5.41, 5.74) is 3.29. The van der Waals surface area contributed by atoms with Crippen molar-refractivity contribution in [1.29, 1.82) is 0 Å². The average Bonchev–Trinajstić information content (AvgIpc) is 3.01. The van der Waals surface area contributed by atoms with E-state index in [1.54, 1.807) is 12.3 Å². The molecule has 3 aromatic heterocycles. The summed E-state index contributed by atoms with van der Waals surface area (Å²) in [6, 6.07) is 9.72. The molecule has 0 aromatic carbocycles. The minimum Gasteiger partial charge on any atom is -0.393 e. The molecule has 0 saturated heterocycles. The number of nitrogens with zero attached hydrogens (tertiary/aromatic N) is 3. The van der Waals surface area contributed by atoms with Crippen molar-refractivity contribution in [2.24, 2.45) is 0 Å². The second kappa shape index (κ2) is 6.88. The molecule has 0 atom stereocenters. The molecule has 0 aliphatic heterocycles. The minimum atomic E-state index is -0.228. The lowest BCUT2D eigenvalue weighted by molar-refractivity contribution is 0.0863. The molecule has 0 bridgehead atoms. The van der Waals surface area contributed by atoms with Crippen LogP contribution in [0.2, 0.25) is 0 Å². The standard InChI is InChI=1S/C20H22N4O2/c1-13-18-4-2-3-11-24(18)19(22-13)14-5-10-17(21-12-14)20(26)23-15-6-8-16(25)9-7-15/h2-5,10-12,15-16,25H,6-9H2,1H3,(H,23,26). The lowest BCUT2D eigenvalue weighted by atomic mass is 9.93. The fraction of sp³-hybridized carbons (Fsp3) is 0.350. The zero-order chi connectivity index (χ0) is 18.1. The number of aromatic nitrogens is 3. The molecule has 134 valence electrons. The number of amides is 1. The number of carbonyl (C=O) groups excluding carboxylic acids is 1. The molecule has 0 radical (unpaired) electrons. The Morgan fingerprint density at radius 2 is 2.00 bits per heavy atom. The molecule has 3 aromatic rings. The topological polar surface area (TPSA) is 79.5 Å². The van der Waals surface area contributed by atoms with E-state index in [1.807, 2.05) is 41.8 Å². The van der Waals surface area contributed by atoms with Crippen LogP contribution >= 0.6 is 0 Å². The third-order valence-electron chi connectivity index (χ3n) is 5.02. The number of nitrogens with one attached hydrogen (secondary N) is 1. The Bertz CT molecular complexity index is 925. The van der Waals surface area contributed by atoms with Crippen molar-refractivity contribution in [1.82, 2.24) is 19.7 Å². The van der Waals surface area contributed by atoms with Gasteiger partial charge in [0.05, 0.1) is 17.3 Å². The molecule has 4 rings (SSSR count). The van der Waals surface area contributed by atoms with Gasteiger partial charge < -0.3 is 10.4 Å². The first-order valence-electron chi connectivity index (χ1n) is 9.01. The molecule has 0 unspecified atom stereocenters. The van der Waals surface area contributed by atoms with Crippen molar-refractivity contribution in [3.63, 3.8) is 0 Å². The van der Waals surface area contributed by atoms with Gasteiger partial charge in [-0.2, -0.15) is 0 Å². The van der Waals surface area contributed by atoms with Gasteiger partial charge in [-0.3, -0.25) is 14.2 Å². The van der Waals surface area contributed by atoms with Crippen LogP contribution < -0.4 is 5.32 Å². The molecule has 1 amide bonds. The van der Waals surface area contributed by atoms with Gasteiger partial charge in [0.1, 0.15) is 11.5 Å². The van der Waals surface area contributed by atoms with Gasteiger partial charge in [-0.15, -0.1) is 0 Å². The molecule has 1 aliphatic carbocycles. The normalized spacial score (nSPS) is 20.2. The van der Waals surface area contributed by atoms with E-state index in [-0.39, 0.29) is 18.1 Å². The molecular weight excluding hydrogens is 328 g/mol. The maximum atomic E-state index is 12.4. The summed E-state index contributed by atoms with van der Waals surface area (Å²) in [6.07, 6.45) is 6.54. The summed E-state index contributed by atoms with van der Waals surface area (Å²) in [4.78, 5) is 21.4. The third kappa shape index (κ3) is 3.20. The van der Waals surface area contributed by atoms with Crippen LogP contribution in [-0.4, -0.2) is 37.5 Å². The van der Waals surface area contributed by atoms with Crippen LogP contribution in [0.15, 0.2) is 42.7 Å². The van der Waals surface area contributed by atoms with Gasteiger partial charge in [0.15, 0.2) is 0 Å². The third-order valence-corrected chi connectivity index (χ3v) is 5.02. The van der Waals surface area contributed by atoms with Gasteiger partial charge in [-0.1, -0.05) is 6.07 Å². The molecule has 1 fully saturated rings. The van der Waals surface area contributed by atoms with E-state index in [9.17, 15) is 9.90 Å². The Morgan fingerprint density at radius 3 is 2.73 bits per heavy atom. The first-order chi connectivity index (χ1) is 12.6. The number of fused-ring (bicyclic) bond motifs is 1. The van der Waals surface area contributed by atoms with Crippen LogP contribution in [0.25, 0.3) is 16.9 Å². The highest BCUT2D eigenvalue weighted by Crippen LogP contribution is 2.22. The molecule has 3 heterocycles. The number of rotatable bonds is 3. The predicted octanol–water partition coefficient (Wildman–Crippen LogP) is 2.74. The minimum absolute atomic E-state index is 0.117. The number of imidazole rings is 1. The number of carbonyl (C=O) groups is 1. The molecule has 6 nitrogen and oxygen atoms in total. The highest BCUT2D eigenvalue weighted by Gasteiger charge is 2.21. The maximum Gasteiger partial charge on any atom is 0.270 e. The lowest BCUT2D eigenvalue weighted by Gasteiger charge is -2.26. The predicted molar refractivity (Wildman–Crippen MR) is 98.9 cm³/mol. The van der Waals surface area contributed by atoms with E-state index in [0.717, 1.165) is 48.3 Å². The number of pyridine rings is 2. The Hall–Kier alpha value is -2.73. The van der Waals surface area contributed by atoms with Crippen molar-refractivity contribution in [2.75, 3.05) is 0 Å². The number of aliphatic hydroxyl groups excluding tert-OH is 1. The average molecular weight is 350 g/mol. The quantitative estimate of drug-likeness (QED) is 0.761. The van der Waals surface area contributed by atoms with E-state index < -0.39 is 0 Å². The van der Waals surface area contributed by atoms with E-state index >= 15 is 0 Å². The van der Waals surface area contributed by atoms with Gasteiger partial charge in [0, 0.05) is 24.0 Å². The lowest BCUT2D eigenvalue weighted by Crippen LogP contribution is -2.38. The fourth-order valence-electron chi connectivity index (χ4n) is 3.54. The molecule has 6 heteroatoms. The van der Waals surface area contributed by atoms with Crippen LogP contribution in [-0.2, 0) is 0 Å². The molecular formula is C20H22N4O2. The highest BCUT2D eigenvalue weighted by molar-refractivity contribution is 5.92. The molecule has 1 aliphatic rings. The first kappa shape index (κ1) is 16.7. The zero-order valence-electron chi connectivity index (χ0n) is 14.7. The van der Waals surface area contributed by atoms with Crippen LogP contribution in [0.4, 0.5) is 0 Å². The maximum absolute atomic E-state index is 12.4. The van der Waals surface area contributed by atoms with Crippen molar-refractivity contribution in [3.8, 4) is 11.4 Å². The van der Waals surface area contributed by atoms with E-state index in [4.69, 9.17) is 0 Å². The summed E-state index contributed by atoms with van der Waals surface area (Å²) in [7, 11) is 0. The SMILES string of the molecule is Cc1nc(-c2ccc(C(=O)NC3CCC(O)CC3)nc2)n2ccccc12. The van der Waals surface area contributed by atoms with Crippen molar-refractivity contribution in [3.05, 3.63) is 54.1 Å². The van der Waals surface area contributed by atoms with Crippen LogP contribution in [0.3, 0.4) is 0 Å². The largest absolute Gasteiger partial charge is 0.393 e. The fourth-order valence-corrected chi connectivity index (χ4v) is 3.54. The number of aryl methyl sites for hydroxylation is 1. The van der Waals surface area contributed by atoms with Crippen LogP contribution in [0.5, 0.6) is 0 Å². The van der Waals surface area contributed by atoms with E-state index in [0.29, 0.717) is 5.69 Å². The second-order valence-corrected chi connectivity index (χ2v) is 6.89. The van der Waals surface area contributed by atoms with Crippen molar-refractivity contribution in [2.45, 2.75) is 44.8 Å². The van der Waals surface area contributed by atoms with Crippen molar-refractivity contribution >= 4 is 11.4 Å². The second-order valence-electron chi connectivity index (χ2n) is 6.89. The Balaban J connectivity index is 1.52. The zero-order valence-corrected chi connectivity index (χ0v) is 14.7. The van der Waals surface area contributed by atoms with Gasteiger partial charge in [0.2, 0.25) is 0 Å². The summed E-state index contributed by atoms with van der Waals surface area (Å²) in [6.45, 7) is 1.98. The van der Waals surface area contributed by atoms with Gasteiger partial charge in [-0.25, -0.2) is 4.98 Å². The van der Waals surface area contributed by atoms with Crippen molar-refractivity contribution < 1.29 is 9.90 Å². The summed E-state index contributed by atoms with van der Waals surface area (Å²) in [5, 5.41) is 12.6. The van der Waals surface area contributed by atoms with Gasteiger partial charge in [0.25, 0.3) is 5.91 Å². The smallest absolute Gasteiger partial charge is 0.270 e. The molecule has 0 spiro atoms. The van der Waals surface area contributed by atoms with Gasteiger partial charge in [-0.05, 0) is 56.9 Å². The molecule has 1 saturated carbocycles. The highest BCUT2D eigenvalue weighted by atomic mass is 16.3. The number of hydrogen-bond donors (Lipinski definition) is 2. The molecule has 2 N–H and O–H groups in total. The summed E-state index contributed by atoms with van der Waals surface area (Å²) in [5.74, 6) is 0.654. The summed E-state index contributed by atoms with van der Waals surface area (Å²) < 4.78 is 2.03. The Morgan fingerprint density at radius 1 is 1.19 bits per heavy atom. The van der Waals surface area contributed by atoms with Crippen LogP contribution in [0.1, 0.15) is 41.9 Å². The Labute approximate surface area is 151 Å². The van der Waals surface area contributed by atoms with Crippen LogP contribution in [0, 0.1) is 6.92 Å². The monoisotopic (exact) mass is 350 g/mol. The number of hydrogen-bond acceptors (Lipinski definition) is 4. The van der Waals surface area contributed by atoms with Gasteiger partial charge >= 0.3 is 0 Å². The van der Waals surface area contributed by atoms with E-state index in [1.165, 1.54) is 0 Å². The van der Waals surface area contributed by atoms with E-state index in [2.05, 4.69) is 15.3 Å². The summed E-state index contributed by atoms with van der Waals surface area (Å²) >= 11 is 0. The first-order valence-corrected chi connectivity index (χ1v) is 9.01.